The molecule has 4 aromatic rings. The zero-order chi connectivity index (χ0) is 23.5. The first kappa shape index (κ1) is 22.1. The third-order valence-corrected chi connectivity index (χ3v) is 6.77. The van der Waals surface area contributed by atoms with Crippen LogP contribution in [0, 0.1) is 0 Å². The van der Waals surface area contributed by atoms with Crippen LogP contribution < -0.4 is 16.0 Å². The molecule has 1 heterocycles. The number of rotatable bonds is 8. The molecule has 172 valence electrons. The van der Waals surface area contributed by atoms with E-state index in [1.165, 1.54) is 4.70 Å². The Kier molecular flexibility index (Phi) is 6.27. The van der Waals surface area contributed by atoms with Gasteiger partial charge in [0.25, 0.3) is 5.91 Å². The molecule has 3 N–H and O–H groups in total. The summed E-state index contributed by atoms with van der Waals surface area (Å²) in [5.74, 6) is -0.221. The van der Waals surface area contributed by atoms with E-state index >= 15 is 0 Å². The summed E-state index contributed by atoms with van der Waals surface area (Å²) in [6, 6.07) is 23.1. The Morgan fingerprint density at radius 1 is 1.00 bits per heavy atom. The van der Waals surface area contributed by atoms with Gasteiger partial charge in [-0.05, 0) is 67.8 Å². The number of thiazole rings is 1. The second-order valence-electron chi connectivity index (χ2n) is 8.63. The number of carbonyl (C=O) groups excluding carboxylic acids is 2. The van der Waals surface area contributed by atoms with Gasteiger partial charge >= 0.3 is 0 Å². The van der Waals surface area contributed by atoms with Crippen LogP contribution in [0.4, 0.5) is 11.4 Å². The summed E-state index contributed by atoms with van der Waals surface area (Å²) in [5.41, 5.74) is 4.24. The van der Waals surface area contributed by atoms with Gasteiger partial charge < -0.3 is 16.0 Å². The Labute approximate surface area is 202 Å². The lowest BCUT2D eigenvalue weighted by Crippen LogP contribution is -2.32. The average Bonchev–Trinajstić information content (AvgIpc) is 3.56. The van der Waals surface area contributed by atoms with Crippen molar-refractivity contribution in [3.8, 4) is 0 Å². The molecule has 1 saturated carbocycles. The summed E-state index contributed by atoms with van der Waals surface area (Å²) in [4.78, 5) is 29.7. The fourth-order valence-electron chi connectivity index (χ4n) is 3.69. The maximum absolute atomic E-state index is 12.7. The van der Waals surface area contributed by atoms with Gasteiger partial charge in [-0.25, -0.2) is 4.98 Å². The van der Waals surface area contributed by atoms with Gasteiger partial charge in [-0.3, -0.25) is 9.59 Å². The minimum absolute atomic E-state index is 0.0748. The predicted molar refractivity (Wildman–Crippen MR) is 138 cm³/mol. The molecule has 1 atom stereocenters. The van der Waals surface area contributed by atoms with Crippen LogP contribution in [-0.4, -0.2) is 28.9 Å². The minimum atomic E-state index is -0.468. The molecule has 0 spiro atoms. The van der Waals surface area contributed by atoms with Gasteiger partial charge in [0.15, 0.2) is 0 Å². The summed E-state index contributed by atoms with van der Waals surface area (Å²) < 4.78 is 1.19. The summed E-state index contributed by atoms with van der Waals surface area (Å²) in [6.45, 7) is 1.80. The Morgan fingerprint density at radius 3 is 2.56 bits per heavy atom. The van der Waals surface area contributed by atoms with Gasteiger partial charge in [-0.15, -0.1) is 11.3 Å². The number of hydrogen-bond donors (Lipinski definition) is 3. The number of fused-ring (bicyclic) bond motifs is 1. The quantitative estimate of drug-likeness (QED) is 0.330. The Balaban J connectivity index is 1.16. The second kappa shape index (κ2) is 9.65. The van der Waals surface area contributed by atoms with E-state index in [-0.39, 0.29) is 11.8 Å². The summed E-state index contributed by atoms with van der Waals surface area (Å²) in [5, 5.41) is 10.2. The van der Waals surface area contributed by atoms with Crippen LogP contribution in [0.2, 0.25) is 0 Å². The predicted octanol–water partition coefficient (Wildman–Crippen LogP) is 5.22. The molecule has 0 aliphatic heterocycles. The van der Waals surface area contributed by atoms with E-state index in [9.17, 15) is 9.59 Å². The van der Waals surface area contributed by atoms with E-state index < -0.39 is 6.04 Å². The van der Waals surface area contributed by atoms with Gasteiger partial charge in [0.2, 0.25) is 5.91 Å². The normalized spacial score (nSPS) is 13.9. The van der Waals surface area contributed by atoms with E-state index in [1.54, 1.807) is 30.4 Å². The number of amides is 2. The molecule has 1 unspecified atom stereocenters. The number of carbonyl (C=O) groups is 2. The molecule has 34 heavy (non-hydrogen) atoms. The van der Waals surface area contributed by atoms with Crippen molar-refractivity contribution < 1.29 is 9.59 Å². The third-order valence-electron chi connectivity index (χ3n) is 5.73. The lowest BCUT2D eigenvalue weighted by molar-refractivity contribution is -0.116. The third kappa shape index (κ3) is 5.43. The maximum atomic E-state index is 12.7. The van der Waals surface area contributed by atoms with E-state index in [0.717, 1.165) is 46.7 Å². The molecule has 5 rings (SSSR count). The molecule has 3 aromatic carbocycles. The van der Waals surface area contributed by atoms with Crippen LogP contribution >= 0.6 is 11.3 Å². The largest absolute Gasteiger partial charge is 0.374 e. The van der Waals surface area contributed by atoms with Crippen molar-refractivity contribution in [1.82, 2.24) is 10.3 Å². The number of anilines is 2. The van der Waals surface area contributed by atoms with E-state index in [0.29, 0.717) is 11.6 Å². The van der Waals surface area contributed by atoms with Crippen molar-refractivity contribution in [2.45, 2.75) is 38.3 Å². The van der Waals surface area contributed by atoms with Crippen molar-refractivity contribution in [1.29, 1.82) is 0 Å². The highest BCUT2D eigenvalue weighted by Gasteiger charge is 2.24. The van der Waals surface area contributed by atoms with Crippen molar-refractivity contribution in [3.05, 3.63) is 88.9 Å². The molecule has 2 amide bonds. The second-order valence-corrected chi connectivity index (χ2v) is 9.75. The molecular formula is C27H26N4O2S. The first-order valence-electron chi connectivity index (χ1n) is 11.5. The van der Waals surface area contributed by atoms with Crippen LogP contribution in [0.3, 0.4) is 0 Å². The highest BCUT2D eigenvalue weighted by atomic mass is 32.1. The molecule has 1 aliphatic rings. The Bertz CT molecular complexity index is 1290. The summed E-state index contributed by atoms with van der Waals surface area (Å²) in [7, 11) is 0. The molecule has 6 nitrogen and oxygen atoms in total. The van der Waals surface area contributed by atoms with Crippen LogP contribution in [-0.2, 0) is 11.2 Å². The van der Waals surface area contributed by atoms with Crippen LogP contribution in [0.5, 0.6) is 0 Å². The fourth-order valence-corrected chi connectivity index (χ4v) is 4.69. The lowest BCUT2D eigenvalue weighted by atomic mass is 10.1. The SMILES string of the molecule is CC(Nc1cccc(C(=O)NC2CC2)c1)C(=O)Nc1ccc(Cc2nc3ccccc3s2)cc1. The van der Waals surface area contributed by atoms with Crippen LogP contribution in [0.15, 0.2) is 72.8 Å². The molecule has 7 heteroatoms. The zero-order valence-electron chi connectivity index (χ0n) is 18.9. The van der Waals surface area contributed by atoms with Gasteiger partial charge in [-0.1, -0.05) is 30.3 Å². The first-order valence-corrected chi connectivity index (χ1v) is 12.3. The van der Waals surface area contributed by atoms with Crippen molar-refractivity contribution >= 4 is 44.7 Å². The molecular weight excluding hydrogens is 444 g/mol. The number of nitrogens with zero attached hydrogens (tertiary/aromatic N) is 1. The first-order chi connectivity index (χ1) is 16.5. The van der Waals surface area contributed by atoms with Crippen LogP contribution in [0.1, 0.15) is 40.7 Å². The van der Waals surface area contributed by atoms with Crippen molar-refractivity contribution in [2.75, 3.05) is 10.6 Å². The van der Waals surface area contributed by atoms with Crippen molar-refractivity contribution in [2.24, 2.45) is 0 Å². The number of nitrogens with one attached hydrogen (secondary N) is 3. The number of para-hydroxylation sites is 1. The topological polar surface area (TPSA) is 83.1 Å². The fraction of sp³-hybridized carbons (Fsp3) is 0.222. The molecule has 1 aromatic heterocycles. The van der Waals surface area contributed by atoms with E-state index in [2.05, 4.69) is 22.0 Å². The van der Waals surface area contributed by atoms with E-state index in [4.69, 9.17) is 4.98 Å². The number of hydrogen-bond acceptors (Lipinski definition) is 5. The molecule has 0 radical (unpaired) electrons. The van der Waals surface area contributed by atoms with Gasteiger partial charge in [-0.2, -0.15) is 0 Å². The van der Waals surface area contributed by atoms with E-state index in [1.807, 2.05) is 54.6 Å². The minimum Gasteiger partial charge on any atom is -0.374 e. The highest BCUT2D eigenvalue weighted by Crippen LogP contribution is 2.24. The number of benzene rings is 3. The maximum Gasteiger partial charge on any atom is 0.251 e. The Hall–Kier alpha value is -3.71. The smallest absolute Gasteiger partial charge is 0.251 e. The zero-order valence-corrected chi connectivity index (χ0v) is 19.7. The monoisotopic (exact) mass is 470 g/mol. The lowest BCUT2D eigenvalue weighted by Gasteiger charge is -2.16. The van der Waals surface area contributed by atoms with Gasteiger partial charge in [0.05, 0.1) is 15.2 Å². The number of aromatic nitrogens is 1. The molecule has 1 fully saturated rings. The Morgan fingerprint density at radius 2 is 1.79 bits per heavy atom. The molecule has 0 saturated heterocycles. The van der Waals surface area contributed by atoms with Crippen molar-refractivity contribution in [3.63, 3.8) is 0 Å². The summed E-state index contributed by atoms with van der Waals surface area (Å²) >= 11 is 1.71. The molecule has 1 aliphatic carbocycles. The molecule has 0 bridgehead atoms. The van der Waals surface area contributed by atoms with Crippen LogP contribution in [0.25, 0.3) is 10.2 Å². The van der Waals surface area contributed by atoms with Gasteiger partial charge in [0.1, 0.15) is 6.04 Å². The average molecular weight is 471 g/mol. The summed E-state index contributed by atoms with van der Waals surface area (Å²) in [6.07, 6.45) is 2.85. The van der Waals surface area contributed by atoms with Gasteiger partial charge in [0, 0.05) is 29.4 Å². The highest BCUT2D eigenvalue weighted by molar-refractivity contribution is 7.18. The standard InChI is InChI=1S/C27H26N4O2S/c1-17(28-22-6-4-5-19(16-22)27(33)30-21-13-14-21)26(32)29-20-11-9-18(10-12-20)15-25-31-23-7-2-3-8-24(23)34-25/h2-12,16-17,21,28H,13-15H2,1H3,(H,29,32)(H,30,33).